The van der Waals surface area contributed by atoms with Crippen molar-refractivity contribution in [2.75, 3.05) is 0 Å². The largest absolute Gasteiger partial charge is 0.457 e. The highest BCUT2D eigenvalue weighted by molar-refractivity contribution is 5.43. The van der Waals surface area contributed by atoms with E-state index in [2.05, 4.69) is 70.3 Å². The lowest BCUT2D eigenvalue weighted by Crippen LogP contribution is -2.21. The van der Waals surface area contributed by atoms with E-state index < -0.39 is 0 Å². The van der Waals surface area contributed by atoms with E-state index in [0.717, 1.165) is 23.6 Å². The molecule has 112 valence electrons. The number of benzene rings is 2. The summed E-state index contributed by atoms with van der Waals surface area (Å²) in [6.07, 6.45) is 0. The molecule has 2 aromatic rings. The van der Waals surface area contributed by atoms with Crippen LogP contribution in [-0.2, 0) is 6.54 Å². The van der Waals surface area contributed by atoms with Gasteiger partial charge in [0.1, 0.15) is 11.5 Å². The molecule has 2 nitrogen and oxygen atoms in total. The van der Waals surface area contributed by atoms with E-state index >= 15 is 0 Å². The fourth-order valence-corrected chi connectivity index (χ4v) is 2.22. The first-order chi connectivity index (χ1) is 9.95. The molecule has 21 heavy (non-hydrogen) atoms. The van der Waals surface area contributed by atoms with Crippen molar-refractivity contribution in [3.63, 3.8) is 0 Å². The zero-order chi connectivity index (χ0) is 15.4. The van der Waals surface area contributed by atoms with Gasteiger partial charge in [0.25, 0.3) is 0 Å². The molecule has 0 saturated carbocycles. The molecule has 0 amide bonds. The molecule has 0 aliphatic rings. The van der Waals surface area contributed by atoms with E-state index in [1.54, 1.807) is 0 Å². The van der Waals surface area contributed by atoms with Crippen molar-refractivity contribution in [2.45, 2.75) is 47.2 Å². The van der Waals surface area contributed by atoms with Gasteiger partial charge in [0, 0.05) is 12.6 Å². The minimum absolute atomic E-state index is 0.481. The topological polar surface area (TPSA) is 21.3 Å². The van der Waals surface area contributed by atoms with Crippen LogP contribution in [0.2, 0.25) is 0 Å². The molecular formula is C19H25NO. The van der Waals surface area contributed by atoms with Crippen LogP contribution >= 0.6 is 0 Å². The van der Waals surface area contributed by atoms with Gasteiger partial charge >= 0.3 is 0 Å². The minimum atomic E-state index is 0.481. The maximum Gasteiger partial charge on any atom is 0.130 e. The zero-order valence-corrected chi connectivity index (χ0v) is 13.7. The predicted molar refractivity (Wildman–Crippen MR) is 89.1 cm³/mol. The molecule has 0 radical (unpaired) electrons. The van der Waals surface area contributed by atoms with Crippen molar-refractivity contribution in [3.05, 3.63) is 58.7 Å². The number of hydrogen-bond acceptors (Lipinski definition) is 2. The lowest BCUT2D eigenvalue weighted by Gasteiger charge is -2.14. The second-order valence-corrected chi connectivity index (χ2v) is 6.01. The molecular weight excluding hydrogens is 258 g/mol. The molecule has 0 fully saturated rings. The normalized spacial score (nSPS) is 11.0. The Hall–Kier alpha value is -1.80. The van der Waals surface area contributed by atoms with E-state index in [9.17, 15) is 0 Å². The van der Waals surface area contributed by atoms with Crippen LogP contribution in [-0.4, -0.2) is 6.04 Å². The molecule has 0 aromatic heterocycles. The molecule has 1 N–H and O–H groups in total. The second kappa shape index (κ2) is 6.77. The first kappa shape index (κ1) is 15.6. The third-order valence-corrected chi connectivity index (χ3v) is 3.52. The Morgan fingerprint density at radius 2 is 1.67 bits per heavy atom. The Kier molecular flexibility index (Phi) is 5.03. The smallest absolute Gasteiger partial charge is 0.130 e. The molecule has 0 saturated heterocycles. The summed E-state index contributed by atoms with van der Waals surface area (Å²) < 4.78 is 6.11. The Balaban J connectivity index is 2.20. The van der Waals surface area contributed by atoms with Gasteiger partial charge in [-0.15, -0.1) is 0 Å². The van der Waals surface area contributed by atoms with Crippen LogP contribution in [0.4, 0.5) is 0 Å². The van der Waals surface area contributed by atoms with Gasteiger partial charge in [-0.2, -0.15) is 0 Å². The summed E-state index contributed by atoms with van der Waals surface area (Å²) in [6, 6.07) is 13.2. The van der Waals surface area contributed by atoms with E-state index in [4.69, 9.17) is 4.74 Å². The summed E-state index contributed by atoms with van der Waals surface area (Å²) in [4.78, 5) is 0. The Morgan fingerprint density at radius 1 is 0.905 bits per heavy atom. The minimum Gasteiger partial charge on any atom is -0.457 e. The molecule has 0 bridgehead atoms. The number of ether oxygens (including phenoxy) is 1. The van der Waals surface area contributed by atoms with Gasteiger partial charge in [-0.25, -0.2) is 0 Å². The second-order valence-electron chi connectivity index (χ2n) is 6.01. The first-order valence-electron chi connectivity index (χ1n) is 7.53. The summed E-state index contributed by atoms with van der Waals surface area (Å²) in [6.45, 7) is 11.4. The lowest BCUT2D eigenvalue weighted by atomic mass is 10.1. The SMILES string of the molecule is Cc1ccc(Oc2cc(CNC(C)C)ccc2C)c(C)c1. The highest BCUT2D eigenvalue weighted by Crippen LogP contribution is 2.29. The van der Waals surface area contributed by atoms with E-state index in [0.29, 0.717) is 6.04 Å². The van der Waals surface area contributed by atoms with Crippen LogP contribution in [0.1, 0.15) is 36.1 Å². The number of rotatable bonds is 5. The lowest BCUT2D eigenvalue weighted by molar-refractivity contribution is 0.473. The summed E-state index contributed by atoms with van der Waals surface area (Å²) in [5, 5.41) is 3.44. The maximum atomic E-state index is 6.11. The average molecular weight is 283 g/mol. The maximum absolute atomic E-state index is 6.11. The number of nitrogens with one attached hydrogen (secondary N) is 1. The van der Waals surface area contributed by atoms with Crippen LogP contribution in [0.3, 0.4) is 0 Å². The first-order valence-corrected chi connectivity index (χ1v) is 7.53. The molecule has 2 rings (SSSR count). The quantitative estimate of drug-likeness (QED) is 0.842. The molecule has 2 heteroatoms. The van der Waals surface area contributed by atoms with Gasteiger partial charge in [-0.1, -0.05) is 43.7 Å². The Bertz CT molecular complexity index is 617. The van der Waals surface area contributed by atoms with E-state index in [-0.39, 0.29) is 0 Å². The highest BCUT2D eigenvalue weighted by atomic mass is 16.5. The van der Waals surface area contributed by atoms with Gasteiger partial charge in [0.05, 0.1) is 0 Å². The average Bonchev–Trinajstić information content (AvgIpc) is 2.42. The van der Waals surface area contributed by atoms with Gasteiger partial charge in [0.15, 0.2) is 0 Å². The molecule has 2 aromatic carbocycles. The zero-order valence-electron chi connectivity index (χ0n) is 13.7. The van der Waals surface area contributed by atoms with Gasteiger partial charge in [-0.05, 0) is 49.6 Å². The molecule has 0 spiro atoms. The summed E-state index contributed by atoms with van der Waals surface area (Å²) in [5.41, 5.74) is 4.82. The van der Waals surface area contributed by atoms with E-state index in [1.165, 1.54) is 16.7 Å². The van der Waals surface area contributed by atoms with Crippen molar-refractivity contribution < 1.29 is 4.74 Å². The van der Waals surface area contributed by atoms with Gasteiger partial charge in [0.2, 0.25) is 0 Å². The molecule has 0 heterocycles. The van der Waals surface area contributed by atoms with Crippen molar-refractivity contribution in [1.82, 2.24) is 5.32 Å². The third-order valence-electron chi connectivity index (χ3n) is 3.52. The molecule has 0 aliphatic heterocycles. The van der Waals surface area contributed by atoms with Crippen LogP contribution in [0, 0.1) is 20.8 Å². The van der Waals surface area contributed by atoms with E-state index in [1.807, 2.05) is 6.07 Å². The summed E-state index contributed by atoms with van der Waals surface area (Å²) in [7, 11) is 0. The number of aryl methyl sites for hydroxylation is 3. The molecule has 0 atom stereocenters. The summed E-state index contributed by atoms with van der Waals surface area (Å²) >= 11 is 0. The highest BCUT2D eigenvalue weighted by Gasteiger charge is 2.06. The number of hydrogen-bond donors (Lipinski definition) is 1. The predicted octanol–water partition coefficient (Wildman–Crippen LogP) is 4.90. The summed E-state index contributed by atoms with van der Waals surface area (Å²) in [5.74, 6) is 1.86. The molecule has 0 unspecified atom stereocenters. The van der Waals surface area contributed by atoms with Gasteiger partial charge in [-0.3, -0.25) is 0 Å². The van der Waals surface area contributed by atoms with Crippen LogP contribution < -0.4 is 10.1 Å². The van der Waals surface area contributed by atoms with Gasteiger partial charge < -0.3 is 10.1 Å². The third kappa shape index (κ3) is 4.33. The van der Waals surface area contributed by atoms with Crippen LogP contribution in [0.5, 0.6) is 11.5 Å². The fraction of sp³-hybridized carbons (Fsp3) is 0.368. The van der Waals surface area contributed by atoms with Crippen molar-refractivity contribution in [1.29, 1.82) is 0 Å². The monoisotopic (exact) mass is 283 g/mol. The van der Waals surface area contributed by atoms with Crippen molar-refractivity contribution in [3.8, 4) is 11.5 Å². The Morgan fingerprint density at radius 3 is 2.33 bits per heavy atom. The standard InChI is InChI=1S/C19H25NO/c1-13(2)20-12-17-8-7-15(4)19(11-17)21-18-9-6-14(3)10-16(18)5/h6-11,13,20H,12H2,1-5H3. The fourth-order valence-electron chi connectivity index (χ4n) is 2.22. The Labute approximate surface area is 128 Å². The van der Waals surface area contributed by atoms with Crippen molar-refractivity contribution in [2.24, 2.45) is 0 Å². The van der Waals surface area contributed by atoms with Crippen molar-refractivity contribution >= 4 is 0 Å². The van der Waals surface area contributed by atoms with Crippen LogP contribution in [0.25, 0.3) is 0 Å². The molecule has 0 aliphatic carbocycles. The van der Waals surface area contributed by atoms with Crippen LogP contribution in [0.15, 0.2) is 36.4 Å².